The Morgan fingerprint density at radius 1 is 1.33 bits per heavy atom. The van der Waals surface area contributed by atoms with Crippen molar-refractivity contribution in [3.05, 3.63) is 0 Å². The molecule has 1 saturated heterocycles. The molecule has 0 bridgehead atoms. The standard InChI is InChI=1S/C6H12N2O3S/c1-6(9)7-2-4-8(5-3-7)12(10)11/h2-5H2,1H3,(H,10,11). The molecule has 70 valence electrons. The van der Waals surface area contributed by atoms with Crippen LogP contribution in [0.1, 0.15) is 6.92 Å². The molecule has 1 aliphatic rings. The smallest absolute Gasteiger partial charge is 0.234 e. The Labute approximate surface area is 73.8 Å². The molecular formula is C6H12N2O3S. The normalized spacial score (nSPS) is 22.3. The highest BCUT2D eigenvalue weighted by atomic mass is 32.2. The molecule has 0 spiro atoms. The molecule has 1 heterocycles. The molecule has 0 aliphatic carbocycles. The fourth-order valence-corrected chi connectivity index (χ4v) is 1.63. The third-order valence-electron chi connectivity index (χ3n) is 1.90. The van der Waals surface area contributed by atoms with Crippen LogP contribution in [0.2, 0.25) is 0 Å². The molecule has 0 saturated carbocycles. The maximum atomic E-state index is 10.8. The van der Waals surface area contributed by atoms with Crippen LogP contribution in [-0.2, 0) is 16.1 Å². The Hall–Kier alpha value is -0.460. The fraction of sp³-hybridized carbons (Fsp3) is 0.833. The molecule has 1 aliphatic heterocycles. The van der Waals surface area contributed by atoms with E-state index in [1.54, 1.807) is 4.90 Å². The van der Waals surface area contributed by atoms with Gasteiger partial charge in [-0.05, 0) is 0 Å². The summed E-state index contributed by atoms with van der Waals surface area (Å²) in [4.78, 5) is 12.5. The van der Waals surface area contributed by atoms with E-state index < -0.39 is 11.3 Å². The maximum Gasteiger partial charge on any atom is 0.234 e. The van der Waals surface area contributed by atoms with Crippen molar-refractivity contribution in [2.24, 2.45) is 0 Å². The largest absolute Gasteiger partial charge is 0.340 e. The van der Waals surface area contributed by atoms with E-state index in [0.717, 1.165) is 0 Å². The Morgan fingerprint density at radius 2 is 1.83 bits per heavy atom. The van der Waals surface area contributed by atoms with Gasteiger partial charge < -0.3 is 4.90 Å². The van der Waals surface area contributed by atoms with Crippen LogP contribution in [0, 0.1) is 0 Å². The molecule has 5 nitrogen and oxygen atoms in total. The van der Waals surface area contributed by atoms with Gasteiger partial charge in [0.2, 0.25) is 17.2 Å². The van der Waals surface area contributed by atoms with Crippen molar-refractivity contribution in [2.45, 2.75) is 6.92 Å². The van der Waals surface area contributed by atoms with Crippen molar-refractivity contribution in [2.75, 3.05) is 26.2 Å². The molecule has 1 amide bonds. The highest BCUT2D eigenvalue weighted by molar-refractivity contribution is 7.76. The third kappa shape index (κ3) is 2.26. The second-order valence-electron chi connectivity index (χ2n) is 2.67. The van der Waals surface area contributed by atoms with E-state index in [0.29, 0.717) is 26.2 Å². The minimum absolute atomic E-state index is 0.0263. The first-order chi connectivity index (χ1) is 5.61. The van der Waals surface area contributed by atoms with Crippen LogP contribution in [0.15, 0.2) is 0 Å². The average Bonchev–Trinajstić information content (AvgIpc) is 2.04. The van der Waals surface area contributed by atoms with Gasteiger partial charge in [0.05, 0.1) is 0 Å². The van der Waals surface area contributed by atoms with Crippen molar-refractivity contribution in [3.63, 3.8) is 0 Å². The van der Waals surface area contributed by atoms with Crippen LogP contribution in [0.4, 0.5) is 0 Å². The van der Waals surface area contributed by atoms with E-state index >= 15 is 0 Å². The van der Waals surface area contributed by atoms with E-state index in [-0.39, 0.29) is 5.91 Å². The fourth-order valence-electron chi connectivity index (χ4n) is 1.16. The molecule has 1 atom stereocenters. The lowest BCUT2D eigenvalue weighted by atomic mass is 10.3. The lowest BCUT2D eigenvalue weighted by molar-refractivity contribution is -0.129. The Kier molecular flexibility index (Phi) is 3.19. The van der Waals surface area contributed by atoms with Gasteiger partial charge in [-0.2, -0.15) is 4.31 Å². The van der Waals surface area contributed by atoms with Gasteiger partial charge in [0.1, 0.15) is 0 Å². The molecular weight excluding hydrogens is 180 g/mol. The molecule has 1 N–H and O–H groups in total. The predicted octanol–water partition coefficient (Wildman–Crippen LogP) is -0.713. The van der Waals surface area contributed by atoms with Crippen LogP contribution < -0.4 is 0 Å². The van der Waals surface area contributed by atoms with Crippen LogP contribution in [0.3, 0.4) is 0 Å². The summed E-state index contributed by atoms with van der Waals surface area (Å²) in [5, 5.41) is 0. The van der Waals surface area contributed by atoms with Gasteiger partial charge in [0.25, 0.3) is 0 Å². The molecule has 12 heavy (non-hydrogen) atoms. The first-order valence-electron chi connectivity index (χ1n) is 3.72. The Morgan fingerprint density at radius 3 is 2.17 bits per heavy atom. The molecule has 0 aromatic carbocycles. The molecule has 1 rings (SSSR count). The summed E-state index contributed by atoms with van der Waals surface area (Å²) < 4.78 is 20.7. The molecule has 0 aromatic heterocycles. The summed E-state index contributed by atoms with van der Waals surface area (Å²) in [6.07, 6.45) is 0. The van der Waals surface area contributed by atoms with Gasteiger partial charge in [-0.1, -0.05) is 0 Å². The first kappa shape index (κ1) is 9.63. The van der Waals surface area contributed by atoms with Crippen molar-refractivity contribution in [3.8, 4) is 0 Å². The number of hydrogen-bond acceptors (Lipinski definition) is 2. The third-order valence-corrected chi connectivity index (χ3v) is 2.71. The van der Waals surface area contributed by atoms with Crippen molar-refractivity contribution in [1.29, 1.82) is 0 Å². The second-order valence-corrected chi connectivity index (χ2v) is 3.64. The molecule has 6 heteroatoms. The van der Waals surface area contributed by atoms with Gasteiger partial charge in [-0.25, -0.2) is 4.21 Å². The number of amides is 1. The summed E-state index contributed by atoms with van der Waals surface area (Å²) in [6.45, 7) is 3.54. The lowest BCUT2D eigenvalue weighted by Crippen LogP contribution is -2.48. The minimum atomic E-state index is -1.88. The number of piperazine rings is 1. The Bertz CT molecular complexity index is 179. The summed E-state index contributed by atoms with van der Waals surface area (Å²) in [5.41, 5.74) is 0. The minimum Gasteiger partial charge on any atom is -0.340 e. The van der Waals surface area contributed by atoms with E-state index in [9.17, 15) is 9.00 Å². The zero-order valence-corrected chi connectivity index (χ0v) is 7.71. The molecule has 0 aromatic rings. The monoisotopic (exact) mass is 192 g/mol. The van der Waals surface area contributed by atoms with E-state index in [1.165, 1.54) is 11.2 Å². The van der Waals surface area contributed by atoms with Gasteiger partial charge in [-0.3, -0.25) is 9.35 Å². The summed E-state index contributed by atoms with van der Waals surface area (Å²) in [5.74, 6) is 0.0263. The number of carbonyl (C=O) groups excluding carboxylic acids is 1. The van der Waals surface area contributed by atoms with Crippen LogP contribution in [0.5, 0.6) is 0 Å². The number of carbonyl (C=O) groups is 1. The molecule has 0 radical (unpaired) electrons. The lowest BCUT2D eigenvalue weighted by Gasteiger charge is -2.31. The summed E-state index contributed by atoms with van der Waals surface area (Å²) >= 11 is -1.88. The summed E-state index contributed by atoms with van der Waals surface area (Å²) in [6, 6.07) is 0. The van der Waals surface area contributed by atoms with Gasteiger partial charge in [0.15, 0.2) is 0 Å². The number of rotatable bonds is 1. The highest BCUT2D eigenvalue weighted by Crippen LogP contribution is 2.02. The average molecular weight is 192 g/mol. The first-order valence-corrected chi connectivity index (χ1v) is 4.79. The Balaban J connectivity index is 2.39. The zero-order valence-electron chi connectivity index (χ0n) is 6.89. The van der Waals surface area contributed by atoms with Crippen molar-refractivity contribution in [1.82, 2.24) is 9.21 Å². The van der Waals surface area contributed by atoms with Crippen LogP contribution in [0.25, 0.3) is 0 Å². The topological polar surface area (TPSA) is 60.9 Å². The second kappa shape index (κ2) is 3.97. The molecule has 1 fully saturated rings. The van der Waals surface area contributed by atoms with Crippen LogP contribution in [-0.4, -0.2) is 50.1 Å². The highest BCUT2D eigenvalue weighted by Gasteiger charge is 2.21. The quantitative estimate of drug-likeness (QED) is 0.558. The molecule has 1 unspecified atom stereocenters. The maximum absolute atomic E-state index is 10.8. The predicted molar refractivity (Wildman–Crippen MR) is 44.6 cm³/mol. The number of hydrogen-bond donors (Lipinski definition) is 1. The number of nitrogens with zero attached hydrogens (tertiary/aromatic N) is 2. The van der Waals surface area contributed by atoms with Gasteiger partial charge in [-0.15, -0.1) is 0 Å². The SMILES string of the molecule is CC(=O)N1CCN(S(=O)O)CC1. The van der Waals surface area contributed by atoms with Gasteiger partial charge >= 0.3 is 0 Å². The van der Waals surface area contributed by atoms with E-state index in [2.05, 4.69) is 0 Å². The van der Waals surface area contributed by atoms with Gasteiger partial charge in [0, 0.05) is 33.1 Å². The van der Waals surface area contributed by atoms with E-state index in [1.807, 2.05) is 0 Å². The van der Waals surface area contributed by atoms with Crippen LogP contribution >= 0.6 is 0 Å². The zero-order chi connectivity index (χ0) is 9.14. The summed E-state index contributed by atoms with van der Waals surface area (Å²) in [7, 11) is 0. The van der Waals surface area contributed by atoms with Crippen molar-refractivity contribution >= 4 is 17.2 Å². The van der Waals surface area contributed by atoms with Crippen molar-refractivity contribution < 1.29 is 13.6 Å². The van der Waals surface area contributed by atoms with E-state index in [4.69, 9.17) is 4.55 Å².